The molecule has 4 rings (SSSR count). The van der Waals surface area contributed by atoms with Gasteiger partial charge in [0.1, 0.15) is 5.66 Å². The smallest absolute Gasteiger partial charge is 0.255 e. The van der Waals surface area contributed by atoms with Gasteiger partial charge in [-0.05, 0) is 48.6 Å². The summed E-state index contributed by atoms with van der Waals surface area (Å²) in [6.45, 7) is 0. The number of nitrogens with one attached hydrogen (secondary N) is 4. The molecule has 1 unspecified atom stereocenters. The fourth-order valence-corrected chi connectivity index (χ4v) is 4.80. The monoisotopic (exact) mass is 442 g/mol. The second-order valence-corrected chi connectivity index (χ2v) is 8.59. The maximum Gasteiger partial charge on any atom is 0.255 e. The first-order valence-electron chi connectivity index (χ1n) is 9.31. The number of thioether (sulfide) groups is 1. The van der Waals surface area contributed by atoms with Crippen molar-refractivity contribution in [2.45, 2.75) is 12.1 Å². The van der Waals surface area contributed by atoms with Crippen LogP contribution in [0.5, 0.6) is 0 Å². The molecule has 2 heterocycles. The molecule has 1 fully saturated rings. The van der Waals surface area contributed by atoms with Crippen molar-refractivity contribution >= 4 is 58.1 Å². The predicted octanol–water partition coefficient (Wildman–Crippen LogP) is 3.46. The van der Waals surface area contributed by atoms with Crippen molar-refractivity contribution in [1.29, 1.82) is 0 Å². The van der Waals surface area contributed by atoms with Gasteiger partial charge in [-0.25, -0.2) is 0 Å². The molecule has 3 amide bonds. The third-order valence-electron chi connectivity index (χ3n) is 4.76. The number of anilines is 3. The van der Waals surface area contributed by atoms with Gasteiger partial charge in [-0.3, -0.25) is 14.4 Å². The second-order valence-electron chi connectivity index (χ2n) is 7.05. The van der Waals surface area contributed by atoms with Gasteiger partial charge in [-0.2, -0.15) is 11.8 Å². The number of halogens is 1. The molecule has 2 aromatic rings. The summed E-state index contributed by atoms with van der Waals surface area (Å²) in [6, 6.07) is 11.8. The van der Waals surface area contributed by atoms with Gasteiger partial charge in [0.15, 0.2) is 0 Å². The van der Waals surface area contributed by atoms with Crippen LogP contribution < -0.4 is 21.3 Å². The summed E-state index contributed by atoms with van der Waals surface area (Å²) in [5, 5.41) is 12.2. The number of fused-ring (bicyclic) bond motifs is 1. The second kappa shape index (κ2) is 8.41. The summed E-state index contributed by atoms with van der Waals surface area (Å²) in [7, 11) is 0. The first-order valence-corrected chi connectivity index (χ1v) is 10.8. The summed E-state index contributed by atoms with van der Waals surface area (Å²) < 4.78 is 0. The lowest BCUT2D eigenvalue weighted by Gasteiger charge is -2.37. The van der Waals surface area contributed by atoms with E-state index in [1.165, 1.54) is 0 Å². The van der Waals surface area contributed by atoms with Crippen molar-refractivity contribution in [2.24, 2.45) is 0 Å². The Balaban J connectivity index is 1.38. The minimum Gasteiger partial charge on any atom is -0.361 e. The van der Waals surface area contributed by atoms with Crippen molar-refractivity contribution in [2.75, 3.05) is 27.5 Å². The number of carbonyl (C=O) groups is 3. The van der Waals surface area contributed by atoms with Gasteiger partial charge in [0, 0.05) is 40.0 Å². The van der Waals surface area contributed by atoms with E-state index in [2.05, 4.69) is 21.3 Å². The molecule has 7 nitrogen and oxygen atoms in total. The highest BCUT2D eigenvalue weighted by Gasteiger charge is 2.40. The lowest BCUT2D eigenvalue weighted by atomic mass is 10.0. The zero-order valence-corrected chi connectivity index (χ0v) is 17.4. The molecule has 30 heavy (non-hydrogen) atoms. The summed E-state index contributed by atoms with van der Waals surface area (Å²) in [5.41, 5.74) is 1.82. The van der Waals surface area contributed by atoms with Gasteiger partial charge in [-0.1, -0.05) is 17.7 Å². The molecule has 0 bridgehead atoms. The Morgan fingerprint density at radius 3 is 2.43 bits per heavy atom. The highest BCUT2D eigenvalue weighted by atomic mass is 35.5. The van der Waals surface area contributed by atoms with Crippen LogP contribution in [0.4, 0.5) is 17.1 Å². The van der Waals surface area contributed by atoms with E-state index in [0.717, 1.165) is 35.8 Å². The molecule has 0 aromatic heterocycles. The quantitative estimate of drug-likeness (QED) is 0.543. The van der Waals surface area contributed by atoms with E-state index in [-0.39, 0.29) is 5.91 Å². The first kappa shape index (κ1) is 20.3. The van der Waals surface area contributed by atoms with Gasteiger partial charge < -0.3 is 21.3 Å². The maximum atomic E-state index is 12.5. The highest BCUT2D eigenvalue weighted by Crippen LogP contribution is 2.35. The Hall–Kier alpha value is -2.97. The van der Waals surface area contributed by atoms with E-state index in [9.17, 15) is 14.4 Å². The van der Waals surface area contributed by atoms with Crippen LogP contribution in [0.2, 0.25) is 5.02 Å². The molecule has 4 N–H and O–H groups in total. The third-order valence-corrected chi connectivity index (χ3v) is 6.18. The minimum atomic E-state index is -0.482. The molecule has 1 spiro atoms. The number of hydrogen-bond acceptors (Lipinski definition) is 5. The van der Waals surface area contributed by atoms with Crippen LogP contribution in [0, 0.1) is 0 Å². The molecule has 0 aliphatic carbocycles. The average molecular weight is 443 g/mol. The average Bonchev–Trinajstić information content (AvgIpc) is 3.14. The van der Waals surface area contributed by atoms with Crippen LogP contribution in [0.25, 0.3) is 0 Å². The zero-order chi connectivity index (χ0) is 21.1. The zero-order valence-electron chi connectivity index (χ0n) is 15.8. The Morgan fingerprint density at radius 1 is 1.03 bits per heavy atom. The Morgan fingerprint density at radius 2 is 1.77 bits per heavy atom. The first-order chi connectivity index (χ1) is 14.4. The number of benzene rings is 2. The molecule has 1 atom stereocenters. The number of amides is 3. The van der Waals surface area contributed by atoms with Crippen molar-refractivity contribution in [3.05, 3.63) is 65.2 Å². The molecule has 0 radical (unpaired) electrons. The number of carbonyl (C=O) groups excluding carboxylic acids is 3. The van der Waals surface area contributed by atoms with Crippen molar-refractivity contribution in [3.8, 4) is 0 Å². The van der Waals surface area contributed by atoms with E-state index >= 15 is 0 Å². The van der Waals surface area contributed by atoms with Gasteiger partial charge in [0.25, 0.3) is 5.91 Å². The fraction of sp³-hybridized carbons (Fsp3) is 0.190. The lowest BCUT2D eigenvalue weighted by molar-refractivity contribution is -0.114. The Bertz CT molecular complexity index is 1050. The van der Waals surface area contributed by atoms with Gasteiger partial charge in [0.05, 0.1) is 5.56 Å². The molecule has 9 heteroatoms. The highest BCUT2D eigenvalue weighted by molar-refractivity contribution is 7.99. The van der Waals surface area contributed by atoms with Crippen molar-refractivity contribution < 1.29 is 14.4 Å². The van der Waals surface area contributed by atoms with E-state index in [1.54, 1.807) is 54.2 Å². The maximum absolute atomic E-state index is 12.5. The van der Waals surface area contributed by atoms with E-state index in [1.807, 2.05) is 0 Å². The van der Waals surface area contributed by atoms with E-state index < -0.39 is 17.5 Å². The molecule has 2 aromatic carbocycles. The van der Waals surface area contributed by atoms with Crippen molar-refractivity contribution in [1.82, 2.24) is 5.32 Å². The molecule has 0 saturated carbocycles. The number of rotatable bonds is 4. The molecule has 2 aliphatic rings. The Labute approximate surface area is 182 Å². The van der Waals surface area contributed by atoms with Gasteiger partial charge in [-0.15, -0.1) is 0 Å². The van der Waals surface area contributed by atoms with E-state index in [4.69, 9.17) is 11.6 Å². The van der Waals surface area contributed by atoms with Crippen LogP contribution in [0.15, 0.2) is 54.6 Å². The van der Waals surface area contributed by atoms with Crippen LogP contribution in [-0.4, -0.2) is 34.9 Å². The lowest BCUT2D eigenvalue weighted by Crippen LogP contribution is -2.57. The van der Waals surface area contributed by atoms with Crippen LogP contribution >= 0.6 is 23.4 Å². The van der Waals surface area contributed by atoms with Gasteiger partial charge >= 0.3 is 0 Å². The standard InChI is InChI=1S/C21H19ClN4O3S/c22-13-2-1-3-14(10-13)23-18(27)6-7-19(28)24-15-4-5-17-16(11-15)20(29)26-21(25-17)8-9-30-12-21/h1-7,10-11,25H,8-9,12H2,(H,23,27)(H,24,28)(H,26,29)/b7-6+. The van der Waals surface area contributed by atoms with Crippen LogP contribution in [-0.2, 0) is 9.59 Å². The summed E-state index contributed by atoms with van der Waals surface area (Å²) >= 11 is 7.67. The predicted molar refractivity (Wildman–Crippen MR) is 120 cm³/mol. The molecular formula is C21H19ClN4O3S. The minimum absolute atomic E-state index is 0.168. The molecule has 154 valence electrons. The largest absolute Gasteiger partial charge is 0.361 e. The fourth-order valence-electron chi connectivity index (χ4n) is 3.34. The Kier molecular flexibility index (Phi) is 5.69. The SMILES string of the molecule is O=C(/C=C/C(=O)Nc1ccc2c(c1)C(=O)NC1(CCSC1)N2)Nc1cccc(Cl)c1. The molecule has 2 aliphatic heterocycles. The summed E-state index contributed by atoms with van der Waals surface area (Å²) in [5.74, 6) is 0.705. The number of hydrogen-bond donors (Lipinski definition) is 4. The normalized spacial score (nSPS) is 19.8. The van der Waals surface area contributed by atoms with Crippen molar-refractivity contribution in [3.63, 3.8) is 0 Å². The van der Waals surface area contributed by atoms with Gasteiger partial charge in [0.2, 0.25) is 11.8 Å². The summed E-state index contributed by atoms with van der Waals surface area (Å²) in [6.07, 6.45) is 3.12. The summed E-state index contributed by atoms with van der Waals surface area (Å²) in [4.78, 5) is 36.7. The molecule has 1 saturated heterocycles. The van der Waals surface area contributed by atoms with Crippen LogP contribution in [0.3, 0.4) is 0 Å². The van der Waals surface area contributed by atoms with E-state index in [0.29, 0.717) is 22.0 Å². The topological polar surface area (TPSA) is 99.3 Å². The third kappa shape index (κ3) is 4.60. The molecular weight excluding hydrogens is 424 g/mol. The van der Waals surface area contributed by atoms with Crippen LogP contribution in [0.1, 0.15) is 16.8 Å².